The summed E-state index contributed by atoms with van der Waals surface area (Å²) in [6.07, 6.45) is 4.36. The molecule has 8 nitrogen and oxygen atoms in total. The van der Waals surface area contributed by atoms with Gasteiger partial charge in [-0.2, -0.15) is 0 Å². The molecule has 0 saturated heterocycles. The highest BCUT2D eigenvalue weighted by molar-refractivity contribution is 5.86. The van der Waals surface area contributed by atoms with Crippen LogP contribution >= 0.6 is 0 Å². The maximum Gasteiger partial charge on any atom is 0.352 e. The third kappa shape index (κ3) is 2.08. The highest BCUT2D eigenvalue weighted by atomic mass is 16.6. The third-order valence-electron chi connectivity index (χ3n) is 2.56. The van der Waals surface area contributed by atoms with Crippen molar-refractivity contribution in [2.45, 2.75) is 6.54 Å². The fourth-order valence-corrected chi connectivity index (χ4v) is 1.62. The van der Waals surface area contributed by atoms with Crippen molar-refractivity contribution in [2.75, 3.05) is 0 Å². The number of hydrogen-bond donors (Lipinski definition) is 1. The summed E-state index contributed by atoms with van der Waals surface area (Å²) in [6.45, 7) is 0.214. The molecule has 18 heavy (non-hydrogen) atoms. The number of aromatic carboxylic acids is 1. The molecule has 94 valence electrons. The average molecular weight is 250 g/mol. The SMILES string of the molecule is Cn1cncc1Cn1cc([N+](=O)[O-])cc1C(=O)O. The van der Waals surface area contributed by atoms with Crippen molar-refractivity contribution in [2.24, 2.45) is 7.05 Å². The fraction of sp³-hybridized carbons (Fsp3) is 0.200. The van der Waals surface area contributed by atoms with E-state index < -0.39 is 10.9 Å². The van der Waals surface area contributed by atoms with Crippen molar-refractivity contribution < 1.29 is 14.8 Å². The minimum atomic E-state index is -1.20. The van der Waals surface area contributed by atoms with E-state index in [1.54, 1.807) is 24.1 Å². The van der Waals surface area contributed by atoms with Gasteiger partial charge in [-0.05, 0) is 0 Å². The van der Waals surface area contributed by atoms with Crippen LogP contribution < -0.4 is 0 Å². The second-order valence-electron chi connectivity index (χ2n) is 3.77. The predicted octanol–water partition coefficient (Wildman–Crippen LogP) is 0.876. The standard InChI is InChI=1S/C10H10N4O4/c1-12-6-11-3-8(12)5-13-4-7(14(17)18)2-9(13)10(15)16/h2-4,6H,5H2,1H3,(H,15,16). The molecule has 0 saturated carbocycles. The topological polar surface area (TPSA) is 103 Å². The lowest BCUT2D eigenvalue weighted by atomic mass is 10.4. The molecule has 0 aromatic carbocycles. The molecule has 2 heterocycles. The Morgan fingerprint density at radius 2 is 2.33 bits per heavy atom. The Bertz CT molecular complexity index is 613. The Morgan fingerprint density at radius 3 is 2.83 bits per heavy atom. The Hall–Kier alpha value is -2.64. The molecule has 0 fully saturated rings. The van der Waals surface area contributed by atoms with Gasteiger partial charge in [0.2, 0.25) is 0 Å². The number of imidazole rings is 1. The summed E-state index contributed by atoms with van der Waals surface area (Å²) in [7, 11) is 1.76. The van der Waals surface area contributed by atoms with Crippen molar-refractivity contribution in [3.63, 3.8) is 0 Å². The molecule has 2 aromatic heterocycles. The summed E-state index contributed by atoms with van der Waals surface area (Å²) in [5.74, 6) is -1.20. The van der Waals surface area contributed by atoms with Crippen LogP contribution in [0.1, 0.15) is 16.2 Å². The molecular formula is C10H10N4O4. The summed E-state index contributed by atoms with van der Waals surface area (Å²) in [5, 5.41) is 19.6. The quantitative estimate of drug-likeness (QED) is 0.640. The van der Waals surface area contributed by atoms with E-state index in [1.807, 2.05) is 0 Å². The lowest BCUT2D eigenvalue weighted by Crippen LogP contribution is -2.10. The summed E-state index contributed by atoms with van der Waals surface area (Å²) in [5.41, 5.74) is 0.389. The van der Waals surface area contributed by atoms with Crippen LogP contribution in [0.2, 0.25) is 0 Å². The molecule has 2 aromatic rings. The molecule has 0 aliphatic rings. The van der Waals surface area contributed by atoms with Crippen LogP contribution in [0.15, 0.2) is 24.8 Å². The molecule has 2 rings (SSSR count). The fourth-order valence-electron chi connectivity index (χ4n) is 1.62. The number of carbonyl (C=O) groups is 1. The maximum atomic E-state index is 11.0. The van der Waals surface area contributed by atoms with Crippen molar-refractivity contribution in [1.29, 1.82) is 0 Å². The second-order valence-corrected chi connectivity index (χ2v) is 3.77. The molecule has 0 radical (unpaired) electrons. The van der Waals surface area contributed by atoms with E-state index in [2.05, 4.69) is 4.98 Å². The van der Waals surface area contributed by atoms with E-state index in [0.717, 1.165) is 11.8 Å². The van der Waals surface area contributed by atoms with Crippen LogP contribution in [0.4, 0.5) is 5.69 Å². The first kappa shape index (κ1) is 11.8. The van der Waals surface area contributed by atoms with Crippen LogP contribution in [0.5, 0.6) is 0 Å². The van der Waals surface area contributed by atoms with E-state index in [1.165, 1.54) is 10.8 Å². The van der Waals surface area contributed by atoms with Gasteiger partial charge in [-0.25, -0.2) is 9.78 Å². The number of carboxylic acids is 1. The highest BCUT2D eigenvalue weighted by Crippen LogP contribution is 2.17. The average Bonchev–Trinajstić information content (AvgIpc) is 2.87. The molecular weight excluding hydrogens is 240 g/mol. The van der Waals surface area contributed by atoms with Crippen molar-refractivity contribution in [1.82, 2.24) is 14.1 Å². The summed E-state index contributed by atoms with van der Waals surface area (Å²) in [4.78, 5) is 24.9. The first-order valence-electron chi connectivity index (χ1n) is 5.02. The van der Waals surface area contributed by atoms with E-state index in [9.17, 15) is 14.9 Å². The summed E-state index contributed by atoms with van der Waals surface area (Å²) >= 11 is 0. The molecule has 0 amide bonds. The van der Waals surface area contributed by atoms with E-state index in [0.29, 0.717) is 0 Å². The smallest absolute Gasteiger partial charge is 0.352 e. The third-order valence-corrected chi connectivity index (χ3v) is 2.56. The number of aryl methyl sites for hydroxylation is 1. The number of rotatable bonds is 4. The number of nitrogens with zero attached hydrogens (tertiary/aromatic N) is 4. The molecule has 0 aliphatic heterocycles. The lowest BCUT2D eigenvalue weighted by molar-refractivity contribution is -0.384. The summed E-state index contributed by atoms with van der Waals surface area (Å²) < 4.78 is 3.04. The zero-order valence-corrected chi connectivity index (χ0v) is 9.48. The number of nitro groups is 1. The Balaban J connectivity index is 2.40. The summed E-state index contributed by atoms with van der Waals surface area (Å²) in [6, 6.07) is 1.04. The normalized spacial score (nSPS) is 10.5. The van der Waals surface area contributed by atoms with Crippen LogP contribution in [0.25, 0.3) is 0 Å². The first-order chi connectivity index (χ1) is 8.49. The van der Waals surface area contributed by atoms with E-state index in [4.69, 9.17) is 5.11 Å². The van der Waals surface area contributed by atoms with Gasteiger partial charge >= 0.3 is 5.97 Å². The minimum absolute atomic E-state index is 0.122. The zero-order valence-electron chi connectivity index (χ0n) is 9.48. The molecule has 8 heteroatoms. The Morgan fingerprint density at radius 1 is 1.61 bits per heavy atom. The Labute approximate surface area is 101 Å². The molecule has 0 aliphatic carbocycles. The van der Waals surface area contributed by atoms with Crippen LogP contribution in [-0.2, 0) is 13.6 Å². The van der Waals surface area contributed by atoms with Gasteiger partial charge in [-0.3, -0.25) is 10.1 Å². The van der Waals surface area contributed by atoms with Gasteiger partial charge in [-0.1, -0.05) is 0 Å². The van der Waals surface area contributed by atoms with Gasteiger partial charge in [0.1, 0.15) is 5.69 Å². The van der Waals surface area contributed by atoms with Crippen LogP contribution in [-0.4, -0.2) is 30.1 Å². The van der Waals surface area contributed by atoms with Crippen molar-refractivity contribution >= 4 is 11.7 Å². The number of carboxylic acid groups (broad SMARTS) is 1. The number of aromatic nitrogens is 3. The minimum Gasteiger partial charge on any atom is -0.477 e. The predicted molar refractivity (Wildman–Crippen MR) is 60.4 cm³/mol. The molecule has 1 N–H and O–H groups in total. The van der Waals surface area contributed by atoms with Crippen LogP contribution in [0.3, 0.4) is 0 Å². The van der Waals surface area contributed by atoms with Crippen LogP contribution in [0, 0.1) is 10.1 Å². The highest BCUT2D eigenvalue weighted by Gasteiger charge is 2.19. The van der Waals surface area contributed by atoms with Gasteiger partial charge in [0.25, 0.3) is 5.69 Å². The van der Waals surface area contributed by atoms with Gasteiger partial charge in [0.15, 0.2) is 0 Å². The van der Waals surface area contributed by atoms with Gasteiger partial charge < -0.3 is 14.2 Å². The van der Waals surface area contributed by atoms with Gasteiger partial charge in [-0.15, -0.1) is 0 Å². The lowest BCUT2D eigenvalue weighted by Gasteiger charge is -2.05. The van der Waals surface area contributed by atoms with Crippen molar-refractivity contribution in [3.8, 4) is 0 Å². The molecule has 0 bridgehead atoms. The zero-order chi connectivity index (χ0) is 13.3. The first-order valence-corrected chi connectivity index (χ1v) is 5.02. The molecule has 0 unspecified atom stereocenters. The maximum absolute atomic E-state index is 11.0. The van der Waals surface area contributed by atoms with E-state index in [-0.39, 0.29) is 17.9 Å². The largest absolute Gasteiger partial charge is 0.477 e. The Kier molecular flexibility index (Phi) is 2.84. The number of hydrogen-bond acceptors (Lipinski definition) is 4. The monoisotopic (exact) mass is 250 g/mol. The van der Waals surface area contributed by atoms with Gasteiger partial charge in [0.05, 0.1) is 29.7 Å². The van der Waals surface area contributed by atoms with Crippen molar-refractivity contribution in [3.05, 3.63) is 46.3 Å². The molecule has 0 spiro atoms. The van der Waals surface area contributed by atoms with Gasteiger partial charge in [0, 0.05) is 19.3 Å². The second kappa shape index (κ2) is 4.32. The molecule has 0 atom stereocenters. The van der Waals surface area contributed by atoms with E-state index >= 15 is 0 Å².